The van der Waals surface area contributed by atoms with Crippen LogP contribution in [-0.2, 0) is 10.0 Å². The highest BCUT2D eigenvalue weighted by atomic mass is 79.9. The fraction of sp³-hybridized carbons (Fsp3) is 0.417. The summed E-state index contributed by atoms with van der Waals surface area (Å²) in [6.07, 6.45) is 0. The SMILES string of the molecule is CCN(CC(C)C#N)S(=O)(=O)c1cc(Br)ccc1N. The Kier molecular flexibility index (Phi) is 5.35. The van der Waals surface area contributed by atoms with Crippen LogP contribution in [0.1, 0.15) is 13.8 Å². The minimum atomic E-state index is -3.68. The van der Waals surface area contributed by atoms with Gasteiger partial charge in [0.2, 0.25) is 10.0 Å². The topological polar surface area (TPSA) is 87.2 Å². The van der Waals surface area contributed by atoms with Crippen molar-refractivity contribution >= 4 is 31.6 Å². The second-order valence-electron chi connectivity index (χ2n) is 4.17. The van der Waals surface area contributed by atoms with Crippen LogP contribution in [0, 0.1) is 17.2 Å². The van der Waals surface area contributed by atoms with Crippen LogP contribution in [0.4, 0.5) is 5.69 Å². The van der Waals surface area contributed by atoms with Crippen LogP contribution in [0.15, 0.2) is 27.6 Å². The zero-order valence-corrected chi connectivity index (χ0v) is 13.2. The molecule has 0 fully saturated rings. The van der Waals surface area contributed by atoms with Crippen LogP contribution in [0.5, 0.6) is 0 Å². The summed E-state index contributed by atoms with van der Waals surface area (Å²) in [5.74, 6) is -0.372. The first-order valence-corrected chi connectivity index (χ1v) is 8.01. The quantitative estimate of drug-likeness (QED) is 0.828. The third-order valence-electron chi connectivity index (χ3n) is 2.64. The second-order valence-corrected chi connectivity index (χ2v) is 6.99. The lowest BCUT2D eigenvalue weighted by atomic mass is 10.2. The lowest BCUT2D eigenvalue weighted by molar-refractivity contribution is 0.400. The summed E-state index contributed by atoms with van der Waals surface area (Å²) < 4.78 is 26.9. The summed E-state index contributed by atoms with van der Waals surface area (Å²) in [7, 11) is -3.68. The van der Waals surface area contributed by atoms with E-state index in [1.807, 2.05) is 6.07 Å². The highest BCUT2D eigenvalue weighted by molar-refractivity contribution is 9.10. The molecule has 0 aromatic heterocycles. The summed E-state index contributed by atoms with van der Waals surface area (Å²) >= 11 is 3.23. The van der Waals surface area contributed by atoms with Crippen molar-refractivity contribution in [1.29, 1.82) is 5.26 Å². The first-order valence-electron chi connectivity index (χ1n) is 5.77. The van der Waals surface area contributed by atoms with Gasteiger partial charge in [-0.1, -0.05) is 22.9 Å². The summed E-state index contributed by atoms with van der Waals surface area (Å²) in [6, 6.07) is 6.73. The van der Waals surface area contributed by atoms with Crippen molar-refractivity contribution in [2.75, 3.05) is 18.8 Å². The van der Waals surface area contributed by atoms with E-state index in [-0.39, 0.29) is 23.0 Å². The zero-order chi connectivity index (χ0) is 14.6. The van der Waals surface area contributed by atoms with Crippen LogP contribution in [0.25, 0.3) is 0 Å². The number of hydrogen-bond donors (Lipinski definition) is 1. The van der Waals surface area contributed by atoms with Crippen molar-refractivity contribution in [3.63, 3.8) is 0 Å². The molecule has 1 rings (SSSR count). The maximum Gasteiger partial charge on any atom is 0.245 e. The number of benzene rings is 1. The van der Waals surface area contributed by atoms with Crippen LogP contribution >= 0.6 is 15.9 Å². The molecule has 5 nitrogen and oxygen atoms in total. The molecule has 1 atom stereocenters. The predicted molar refractivity (Wildman–Crippen MR) is 77.8 cm³/mol. The molecule has 0 aliphatic heterocycles. The van der Waals surface area contributed by atoms with Gasteiger partial charge in [-0.3, -0.25) is 0 Å². The van der Waals surface area contributed by atoms with E-state index in [4.69, 9.17) is 11.0 Å². The lowest BCUT2D eigenvalue weighted by Crippen LogP contribution is -2.34. The molecule has 0 heterocycles. The molecule has 0 saturated carbocycles. The first-order chi connectivity index (χ1) is 8.82. The highest BCUT2D eigenvalue weighted by Crippen LogP contribution is 2.26. The molecular formula is C12H16BrN3O2S. The molecule has 19 heavy (non-hydrogen) atoms. The molecule has 1 aromatic rings. The average Bonchev–Trinajstić information content (AvgIpc) is 2.37. The number of hydrogen-bond acceptors (Lipinski definition) is 4. The molecule has 2 N–H and O–H groups in total. The van der Waals surface area contributed by atoms with E-state index >= 15 is 0 Å². The number of rotatable bonds is 5. The Morgan fingerprint density at radius 3 is 2.68 bits per heavy atom. The van der Waals surface area contributed by atoms with Gasteiger partial charge in [0.15, 0.2) is 0 Å². The average molecular weight is 346 g/mol. The summed E-state index contributed by atoms with van der Waals surface area (Å²) in [4.78, 5) is 0.0638. The summed E-state index contributed by atoms with van der Waals surface area (Å²) in [5, 5.41) is 8.81. The van der Waals surface area contributed by atoms with Gasteiger partial charge >= 0.3 is 0 Å². The molecular weight excluding hydrogens is 330 g/mol. The molecule has 104 valence electrons. The largest absolute Gasteiger partial charge is 0.398 e. The van der Waals surface area contributed by atoms with Gasteiger partial charge in [-0.05, 0) is 25.1 Å². The Hall–Kier alpha value is -1.10. The number of nitrogens with two attached hydrogens (primary N) is 1. The monoisotopic (exact) mass is 345 g/mol. The van der Waals surface area contributed by atoms with Crippen molar-refractivity contribution in [3.05, 3.63) is 22.7 Å². The predicted octanol–water partition coefficient (Wildman–Crippen LogP) is 2.20. The third kappa shape index (κ3) is 3.69. The molecule has 1 aromatic carbocycles. The number of anilines is 1. The van der Waals surface area contributed by atoms with Gasteiger partial charge in [0.25, 0.3) is 0 Å². The first kappa shape index (κ1) is 16.0. The molecule has 0 aliphatic rings. The van der Waals surface area contributed by atoms with Gasteiger partial charge in [-0.2, -0.15) is 9.57 Å². The number of halogens is 1. The van der Waals surface area contributed by atoms with Crippen LogP contribution in [-0.4, -0.2) is 25.8 Å². The maximum absolute atomic E-state index is 12.5. The molecule has 0 aliphatic carbocycles. The second kappa shape index (κ2) is 6.37. The van der Waals surface area contributed by atoms with Crippen molar-refractivity contribution in [3.8, 4) is 6.07 Å². The van der Waals surface area contributed by atoms with Gasteiger partial charge in [0.05, 0.1) is 17.7 Å². The number of nitrogen functional groups attached to an aromatic ring is 1. The molecule has 0 bridgehead atoms. The molecule has 0 amide bonds. The van der Waals surface area contributed by atoms with E-state index in [2.05, 4.69) is 15.9 Å². The number of nitriles is 1. The van der Waals surface area contributed by atoms with Crippen molar-refractivity contribution in [2.45, 2.75) is 18.7 Å². The smallest absolute Gasteiger partial charge is 0.245 e. The molecule has 1 unspecified atom stereocenters. The lowest BCUT2D eigenvalue weighted by Gasteiger charge is -2.22. The van der Waals surface area contributed by atoms with Crippen LogP contribution in [0.2, 0.25) is 0 Å². The molecule has 0 saturated heterocycles. The molecule has 0 radical (unpaired) electrons. The van der Waals surface area contributed by atoms with E-state index in [1.54, 1.807) is 26.0 Å². The van der Waals surface area contributed by atoms with E-state index in [0.717, 1.165) is 0 Å². The van der Waals surface area contributed by atoms with E-state index in [1.165, 1.54) is 10.4 Å². The van der Waals surface area contributed by atoms with E-state index in [0.29, 0.717) is 11.0 Å². The van der Waals surface area contributed by atoms with Crippen molar-refractivity contribution < 1.29 is 8.42 Å². The van der Waals surface area contributed by atoms with Crippen molar-refractivity contribution in [2.24, 2.45) is 5.92 Å². The summed E-state index contributed by atoms with van der Waals surface area (Å²) in [5.41, 5.74) is 5.94. The van der Waals surface area contributed by atoms with Crippen LogP contribution in [0.3, 0.4) is 0 Å². The Balaban J connectivity index is 3.21. The molecule has 0 spiro atoms. The van der Waals surface area contributed by atoms with Gasteiger partial charge in [-0.25, -0.2) is 8.42 Å². The normalized spacial score (nSPS) is 13.2. The molecule has 7 heteroatoms. The Morgan fingerprint density at radius 1 is 1.53 bits per heavy atom. The maximum atomic E-state index is 12.5. The van der Waals surface area contributed by atoms with Gasteiger partial charge < -0.3 is 5.73 Å². The Bertz CT molecular complexity index is 595. The van der Waals surface area contributed by atoms with Gasteiger partial charge in [-0.15, -0.1) is 0 Å². The Labute approximate surface area is 122 Å². The minimum absolute atomic E-state index is 0.0638. The van der Waals surface area contributed by atoms with Gasteiger partial charge in [0.1, 0.15) is 4.90 Å². The van der Waals surface area contributed by atoms with Gasteiger partial charge in [0, 0.05) is 17.6 Å². The highest BCUT2D eigenvalue weighted by Gasteiger charge is 2.26. The summed E-state index contributed by atoms with van der Waals surface area (Å²) in [6.45, 7) is 3.86. The zero-order valence-electron chi connectivity index (χ0n) is 10.8. The third-order valence-corrected chi connectivity index (χ3v) is 5.13. The van der Waals surface area contributed by atoms with Crippen molar-refractivity contribution in [1.82, 2.24) is 4.31 Å². The van der Waals surface area contributed by atoms with Crippen LogP contribution < -0.4 is 5.73 Å². The number of nitrogens with zero attached hydrogens (tertiary/aromatic N) is 2. The fourth-order valence-electron chi connectivity index (χ4n) is 1.61. The van der Waals surface area contributed by atoms with E-state index < -0.39 is 10.0 Å². The number of sulfonamides is 1. The fourth-order valence-corrected chi connectivity index (χ4v) is 3.81. The van der Waals surface area contributed by atoms with E-state index in [9.17, 15) is 8.42 Å². The Morgan fingerprint density at radius 2 is 2.16 bits per heavy atom. The minimum Gasteiger partial charge on any atom is -0.398 e. The standard InChI is InChI=1S/C12H16BrN3O2S/c1-3-16(8-9(2)7-14)19(17,18)12-6-10(13)4-5-11(12)15/h4-6,9H,3,8,15H2,1-2H3.